The lowest BCUT2D eigenvalue weighted by atomic mass is 10.2. The van der Waals surface area contributed by atoms with Crippen molar-refractivity contribution in [1.29, 1.82) is 0 Å². The van der Waals surface area contributed by atoms with Gasteiger partial charge in [0, 0.05) is 25.7 Å². The molecule has 1 rings (SSSR count). The smallest absolute Gasteiger partial charge is 0.414 e. The number of nitro benzene ring substituents is 1. The number of carboxylic acid groups (broad SMARTS) is 2. The zero-order valence-corrected chi connectivity index (χ0v) is 14.5. The maximum atomic E-state index is 11.0. The quantitative estimate of drug-likeness (QED) is 0.294. The molecule has 0 atom stereocenters. The lowest BCUT2D eigenvalue weighted by molar-refractivity contribution is -0.385. The number of rotatable bonds is 9. The Hall–Kier alpha value is -3.20. The summed E-state index contributed by atoms with van der Waals surface area (Å²) in [6.07, 6.45) is 3.61. The molecule has 9 heteroatoms. The summed E-state index contributed by atoms with van der Waals surface area (Å²) in [6.45, 7) is 11.7. The van der Waals surface area contributed by atoms with E-state index in [0.717, 1.165) is 18.7 Å². The third kappa shape index (κ3) is 9.18. The van der Waals surface area contributed by atoms with Gasteiger partial charge in [0.25, 0.3) is 0 Å². The van der Waals surface area contributed by atoms with Gasteiger partial charge < -0.3 is 14.9 Å². The highest BCUT2D eigenvalue weighted by atomic mass is 16.6. The van der Waals surface area contributed by atoms with Crippen molar-refractivity contribution in [2.24, 2.45) is 0 Å². The molecular formula is C17H22N2O7. The van der Waals surface area contributed by atoms with E-state index in [-0.39, 0.29) is 5.69 Å². The monoisotopic (exact) mass is 366 g/mol. The number of benzene rings is 1. The summed E-state index contributed by atoms with van der Waals surface area (Å²) in [6, 6.07) is 4.95. The van der Waals surface area contributed by atoms with E-state index in [4.69, 9.17) is 24.5 Å². The maximum absolute atomic E-state index is 11.0. The van der Waals surface area contributed by atoms with Crippen molar-refractivity contribution in [2.45, 2.75) is 6.92 Å². The van der Waals surface area contributed by atoms with Gasteiger partial charge in [-0.3, -0.25) is 15.0 Å². The Kier molecular flexibility index (Phi) is 10.7. The average molecular weight is 366 g/mol. The Morgan fingerprint density at radius 2 is 1.77 bits per heavy atom. The SMILES string of the molecule is C=CCN(CC=C)CCOc1ccc(C)cc1[N+](=O)[O-].O=C(O)C(=O)O. The van der Waals surface area contributed by atoms with Gasteiger partial charge in [-0.1, -0.05) is 18.2 Å². The van der Waals surface area contributed by atoms with Crippen LogP contribution in [-0.4, -0.2) is 58.2 Å². The first-order valence-corrected chi connectivity index (χ1v) is 7.51. The highest BCUT2D eigenvalue weighted by molar-refractivity contribution is 6.27. The van der Waals surface area contributed by atoms with Crippen LogP contribution in [-0.2, 0) is 9.59 Å². The molecule has 0 saturated heterocycles. The normalized spacial score (nSPS) is 9.62. The standard InChI is InChI=1S/C15H20N2O3.C2H2O4/c1-4-8-16(9-5-2)10-11-20-15-7-6-13(3)12-14(15)17(18)19;3-1(4)2(5)6/h4-7,12H,1-2,8-11H2,3H3;(H,3,4)(H,5,6). The zero-order chi connectivity index (χ0) is 20.1. The van der Waals surface area contributed by atoms with Gasteiger partial charge >= 0.3 is 17.6 Å². The predicted octanol–water partition coefficient (Wildman–Crippen LogP) is 2.11. The summed E-state index contributed by atoms with van der Waals surface area (Å²) < 4.78 is 5.52. The van der Waals surface area contributed by atoms with Crippen LogP contribution in [0, 0.1) is 17.0 Å². The average Bonchev–Trinajstić information content (AvgIpc) is 2.56. The van der Waals surface area contributed by atoms with E-state index in [9.17, 15) is 10.1 Å². The molecule has 26 heavy (non-hydrogen) atoms. The van der Waals surface area contributed by atoms with Crippen LogP contribution >= 0.6 is 0 Å². The molecule has 0 amide bonds. The highest BCUT2D eigenvalue weighted by Gasteiger charge is 2.15. The molecule has 0 aromatic heterocycles. The number of hydrogen-bond donors (Lipinski definition) is 2. The first kappa shape index (κ1) is 22.8. The lowest BCUT2D eigenvalue weighted by Crippen LogP contribution is -2.28. The molecule has 0 aliphatic heterocycles. The van der Waals surface area contributed by atoms with Crippen molar-refractivity contribution in [3.05, 3.63) is 59.2 Å². The van der Waals surface area contributed by atoms with E-state index in [1.54, 1.807) is 24.3 Å². The molecule has 0 aliphatic carbocycles. The van der Waals surface area contributed by atoms with Crippen LogP contribution in [0.3, 0.4) is 0 Å². The molecule has 9 nitrogen and oxygen atoms in total. The maximum Gasteiger partial charge on any atom is 0.414 e. The number of carboxylic acids is 2. The van der Waals surface area contributed by atoms with Crippen molar-refractivity contribution in [2.75, 3.05) is 26.2 Å². The van der Waals surface area contributed by atoms with Gasteiger partial charge in [0.1, 0.15) is 6.61 Å². The van der Waals surface area contributed by atoms with Crippen molar-refractivity contribution in [1.82, 2.24) is 4.90 Å². The third-order valence-corrected chi connectivity index (χ3v) is 2.93. The van der Waals surface area contributed by atoms with Crippen LogP contribution in [0.4, 0.5) is 5.69 Å². The second kappa shape index (κ2) is 12.2. The predicted molar refractivity (Wildman–Crippen MR) is 95.4 cm³/mol. The minimum absolute atomic E-state index is 0.00370. The lowest BCUT2D eigenvalue weighted by Gasteiger charge is -2.18. The molecule has 0 spiro atoms. The molecule has 0 unspecified atom stereocenters. The minimum Gasteiger partial charge on any atom is -0.485 e. The van der Waals surface area contributed by atoms with E-state index >= 15 is 0 Å². The second-order valence-corrected chi connectivity index (χ2v) is 5.02. The fourth-order valence-corrected chi connectivity index (χ4v) is 1.80. The summed E-state index contributed by atoms with van der Waals surface area (Å²) in [4.78, 5) is 30.8. The summed E-state index contributed by atoms with van der Waals surface area (Å²) in [5, 5.41) is 25.7. The van der Waals surface area contributed by atoms with Crippen LogP contribution < -0.4 is 4.74 Å². The minimum atomic E-state index is -1.82. The van der Waals surface area contributed by atoms with Gasteiger partial charge in [0.2, 0.25) is 0 Å². The summed E-state index contributed by atoms with van der Waals surface area (Å²) in [7, 11) is 0. The molecule has 1 aromatic rings. The Morgan fingerprint density at radius 1 is 1.23 bits per heavy atom. The van der Waals surface area contributed by atoms with Gasteiger partial charge in [-0.05, 0) is 18.6 Å². The number of carbonyl (C=O) groups is 2. The van der Waals surface area contributed by atoms with E-state index < -0.39 is 16.9 Å². The number of nitro groups is 1. The largest absolute Gasteiger partial charge is 0.485 e. The molecule has 0 aliphatic rings. The van der Waals surface area contributed by atoms with Crippen LogP contribution in [0.15, 0.2) is 43.5 Å². The first-order valence-electron chi connectivity index (χ1n) is 7.51. The molecular weight excluding hydrogens is 344 g/mol. The van der Waals surface area contributed by atoms with Gasteiger partial charge in [-0.2, -0.15) is 0 Å². The van der Waals surface area contributed by atoms with E-state index in [2.05, 4.69) is 18.1 Å². The van der Waals surface area contributed by atoms with E-state index in [1.807, 2.05) is 6.92 Å². The summed E-state index contributed by atoms with van der Waals surface area (Å²) in [5.41, 5.74) is 0.841. The third-order valence-electron chi connectivity index (χ3n) is 2.93. The Morgan fingerprint density at radius 3 is 2.19 bits per heavy atom. The molecule has 0 fully saturated rings. The zero-order valence-electron chi connectivity index (χ0n) is 14.5. The fraction of sp³-hybridized carbons (Fsp3) is 0.294. The van der Waals surface area contributed by atoms with Crippen LogP contribution in [0.2, 0.25) is 0 Å². The topological polar surface area (TPSA) is 130 Å². The van der Waals surface area contributed by atoms with E-state index in [1.165, 1.54) is 6.07 Å². The van der Waals surface area contributed by atoms with E-state index in [0.29, 0.717) is 18.9 Å². The number of hydrogen-bond acceptors (Lipinski definition) is 6. The van der Waals surface area contributed by atoms with Crippen molar-refractivity contribution >= 4 is 17.6 Å². The summed E-state index contributed by atoms with van der Waals surface area (Å²) in [5.74, 6) is -3.34. The Bertz CT molecular complexity index is 637. The van der Waals surface area contributed by atoms with Crippen molar-refractivity contribution in [3.63, 3.8) is 0 Å². The molecule has 0 heterocycles. The molecule has 1 aromatic carbocycles. The first-order chi connectivity index (χ1) is 12.2. The Balaban J connectivity index is 0.000000896. The van der Waals surface area contributed by atoms with Crippen molar-refractivity contribution in [3.8, 4) is 5.75 Å². The summed E-state index contributed by atoms with van der Waals surface area (Å²) >= 11 is 0. The van der Waals surface area contributed by atoms with Gasteiger partial charge in [0.05, 0.1) is 4.92 Å². The molecule has 0 radical (unpaired) electrons. The molecule has 142 valence electrons. The van der Waals surface area contributed by atoms with Crippen LogP contribution in [0.1, 0.15) is 5.56 Å². The fourth-order valence-electron chi connectivity index (χ4n) is 1.80. The van der Waals surface area contributed by atoms with Crippen molar-refractivity contribution < 1.29 is 29.5 Å². The highest BCUT2D eigenvalue weighted by Crippen LogP contribution is 2.27. The number of aryl methyl sites for hydroxylation is 1. The number of aliphatic carboxylic acids is 2. The van der Waals surface area contributed by atoms with Gasteiger partial charge in [0.15, 0.2) is 5.75 Å². The molecule has 0 bridgehead atoms. The van der Waals surface area contributed by atoms with Gasteiger partial charge in [-0.15, -0.1) is 13.2 Å². The van der Waals surface area contributed by atoms with Crippen LogP contribution in [0.25, 0.3) is 0 Å². The van der Waals surface area contributed by atoms with Crippen LogP contribution in [0.5, 0.6) is 5.75 Å². The number of ether oxygens (including phenoxy) is 1. The Labute approximate surface area is 151 Å². The van der Waals surface area contributed by atoms with Gasteiger partial charge in [-0.25, -0.2) is 9.59 Å². The second-order valence-electron chi connectivity index (χ2n) is 5.02. The molecule has 0 saturated carbocycles. The number of nitrogens with zero attached hydrogens (tertiary/aromatic N) is 2. The molecule has 2 N–H and O–H groups in total.